The zero-order valence-corrected chi connectivity index (χ0v) is 7.37. The maximum atomic E-state index is 11.3. The minimum Gasteiger partial charge on any atom is -0.389 e. The third-order valence-electron chi connectivity index (χ3n) is 2.48. The lowest BCUT2D eigenvalue weighted by Crippen LogP contribution is -2.10. The lowest BCUT2D eigenvalue weighted by molar-refractivity contribution is -0.152. The van der Waals surface area contributed by atoms with Crippen molar-refractivity contribution in [1.29, 1.82) is 0 Å². The first kappa shape index (κ1) is 8.23. The molecule has 2 aliphatic rings. The van der Waals surface area contributed by atoms with E-state index in [1.165, 1.54) is 0 Å². The largest absolute Gasteiger partial charge is 0.389 e. The predicted molar refractivity (Wildman–Crippen MR) is 45.7 cm³/mol. The molecule has 1 aliphatic heterocycles. The van der Waals surface area contributed by atoms with Crippen LogP contribution >= 0.6 is 0 Å². The van der Waals surface area contributed by atoms with Gasteiger partial charge in [-0.15, -0.1) is 0 Å². The summed E-state index contributed by atoms with van der Waals surface area (Å²) < 4.78 is 4.55. The highest BCUT2D eigenvalue weighted by Gasteiger charge is 2.40. The monoisotopic (exact) mass is 178 g/mol. The lowest BCUT2D eigenvalue weighted by atomic mass is 9.88. The smallest absolute Gasteiger partial charge is 0.342 e. The molecular weight excluding hydrogens is 168 g/mol. The quantitative estimate of drug-likeness (QED) is 0.346. The molecule has 0 aromatic rings. The van der Waals surface area contributed by atoms with Gasteiger partial charge < -0.3 is 4.74 Å². The minimum absolute atomic E-state index is 0.420. The number of hydrogen-bond acceptors (Lipinski definition) is 3. The zero-order chi connectivity index (χ0) is 9.42. The topological polar surface area (TPSA) is 43.4 Å². The van der Waals surface area contributed by atoms with Gasteiger partial charge in [-0.3, -0.25) is 4.79 Å². The highest BCUT2D eigenvalue weighted by Crippen LogP contribution is 2.33. The second-order valence-electron chi connectivity index (χ2n) is 3.19. The minimum atomic E-state index is -0.448. The summed E-state index contributed by atoms with van der Waals surface area (Å²) in [6, 6.07) is 0. The number of hydrogen-bond donors (Lipinski definition) is 0. The Balaban J connectivity index is 2.47. The standard InChI is InChI=1S/C10H10O3/c1-2-6-4-3-5-7-8(6)10(12)13-9(7)11/h3,5,7H,2,4H2,1H3. The molecule has 0 amide bonds. The molecule has 1 unspecified atom stereocenters. The van der Waals surface area contributed by atoms with Crippen molar-refractivity contribution in [2.24, 2.45) is 5.92 Å². The Bertz CT molecular complexity index is 336. The highest BCUT2D eigenvalue weighted by atomic mass is 16.6. The molecule has 0 N–H and O–H groups in total. The van der Waals surface area contributed by atoms with Crippen LogP contribution in [0.15, 0.2) is 23.3 Å². The van der Waals surface area contributed by atoms with Crippen LogP contribution in [0.1, 0.15) is 19.8 Å². The van der Waals surface area contributed by atoms with E-state index in [1.54, 1.807) is 6.08 Å². The summed E-state index contributed by atoms with van der Waals surface area (Å²) in [6.07, 6.45) is 5.25. The van der Waals surface area contributed by atoms with Gasteiger partial charge in [0.05, 0.1) is 5.57 Å². The van der Waals surface area contributed by atoms with Gasteiger partial charge in [-0.25, -0.2) is 4.79 Å². The van der Waals surface area contributed by atoms with Gasteiger partial charge in [-0.1, -0.05) is 24.6 Å². The van der Waals surface area contributed by atoms with Crippen LogP contribution < -0.4 is 0 Å². The van der Waals surface area contributed by atoms with Crippen LogP contribution in [-0.2, 0) is 14.3 Å². The molecule has 68 valence electrons. The van der Waals surface area contributed by atoms with E-state index in [1.807, 2.05) is 13.0 Å². The molecule has 1 heterocycles. The van der Waals surface area contributed by atoms with Crippen molar-refractivity contribution in [3.8, 4) is 0 Å². The van der Waals surface area contributed by atoms with Gasteiger partial charge in [-0.05, 0) is 12.8 Å². The first-order valence-corrected chi connectivity index (χ1v) is 4.38. The van der Waals surface area contributed by atoms with Crippen LogP contribution in [0.2, 0.25) is 0 Å². The normalized spacial score (nSPS) is 26.4. The van der Waals surface area contributed by atoms with E-state index in [-0.39, 0.29) is 0 Å². The molecule has 2 rings (SSSR count). The molecular formula is C10H10O3. The summed E-state index contributed by atoms with van der Waals surface area (Å²) in [5.74, 6) is -1.30. The number of allylic oxidation sites excluding steroid dienone is 2. The summed E-state index contributed by atoms with van der Waals surface area (Å²) in [6.45, 7) is 1.98. The van der Waals surface area contributed by atoms with E-state index in [4.69, 9.17) is 0 Å². The number of rotatable bonds is 1. The fourth-order valence-corrected chi connectivity index (χ4v) is 1.78. The van der Waals surface area contributed by atoms with Crippen molar-refractivity contribution in [2.75, 3.05) is 0 Å². The Labute approximate surface area is 76.1 Å². The van der Waals surface area contributed by atoms with Gasteiger partial charge in [0.1, 0.15) is 5.92 Å². The van der Waals surface area contributed by atoms with Crippen molar-refractivity contribution < 1.29 is 14.3 Å². The van der Waals surface area contributed by atoms with Gasteiger partial charge in [0.2, 0.25) is 0 Å². The van der Waals surface area contributed by atoms with Gasteiger partial charge in [-0.2, -0.15) is 0 Å². The second kappa shape index (κ2) is 2.83. The van der Waals surface area contributed by atoms with E-state index in [0.29, 0.717) is 5.57 Å². The molecule has 1 aliphatic carbocycles. The van der Waals surface area contributed by atoms with Gasteiger partial charge in [0, 0.05) is 0 Å². The summed E-state index contributed by atoms with van der Waals surface area (Å²) in [7, 11) is 0. The summed E-state index contributed by atoms with van der Waals surface area (Å²) in [5, 5.41) is 0. The first-order chi connectivity index (χ1) is 6.24. The average Bonchev–Trinajstić information content (AvgIpc) is 2.43. The molecule has 0 radical (unpaired) electrons. The SMILES string of the molecule is CCC1=C2C(=O)OC(=O)C2C=CC1. The Hall–Kier alpha value is -1.38. The van der Waals surface area contributed by atoms with Crippen molar-refractivity contribution in [1.82, 2.24) is 0 Å². The Morgan fingerprint density at radius 3 is 3.00 bits per heavy atom. The van der Waals surface area contributed by atoms with Crippen LogP contribution in [0.25, 0.3) is 0 Å². The second-order valence-corrected chi connectivity index (χ2v) is 3.19. The van der Waals surface area contributed by atoms with Crippen molar-refractivity contribution in [3.05, 3.63) is 23.3 Å². The van der Waals surface area contributed by atoms with Crippen molar-refractivity contribution in [3.63, 3.8) is 0 Å². The summed E-state index contributed by atoms with van der Waals surface area (Å²) in [5.41, 5.74) is 1.61. The number of carbonyl (C=O) groups is 2. The van der Waals surface area contributed by atoms with E-state index in [2.05, 4.69) is 4.74 Å². The van der Waals surface area contributed by atoms with E-state index < -0.39 is 17.9 Å². The van der Waals surface area contributed by atoms with Crippen molar-refractivity contribution in [2.45, 2.75) is 19.8 Å². The zero-order valence-electron chi connectivity index (χ0n) is 7.37. The van der Waals surface area contributed by atoms with E-state index in [0.717, 1.165) is 18.4 Å². The molecule has 0 spiro atoms. The van der Waals surface area contributed by atoms with Gasteiger partial charge in [0.15, 0.2) is 0 Å². The fraction of sp³-hybridized carbons (Fsp3) is 0.400. The molecule has 1 atom stereocenters. The molecule has 1 fully saturated rings. The first-order valence-electron chi connectivity index (χ1n) is 4.38. The molecule has 3 heteroatoms. The number of esters is 2. The van der Waals surface area contributed by atoms with Crippen LogP contribution in [0.5, 0.6) is 0 Å². The number of ether oxygens (including phenoxy) is 1. The van der Waals surface area contributed by atoms with Crippen LogP contribution in [0.3, 0.4) is 0 Å². The van der Waals surface area contributed by atoms with E-state index in [9.17, 15) is 9.59 Å². The van der Waals surface area contributed by atoms with Crippen LogP contribution in [-0.4, -0.2) is 11.9 Å². The maximum absolute atomic E-state index is 11.3. The van der Waals surface area contributed by atoms with Crippen molar-refractivity contribution >= 4 is 11.9 Å². The molecule has 13 heavy (non-hydrogen) atoms. The van der Waals surface area contributed by atoms with Gasteiger partial charge in [0.25, 0.3) is 0 Å². The van der Waals surface area contributed by atoms with Gasteiger partial charge >= 0.3 is 11.9 Å². The molecule has 3 nitrogen and oxygen atoms in total. The number of fused-ring (bicyclic) bond motifs is 1. The lowest BCUT2D eigenvalue weighted by Gasteiger charge is -2.11. The Kier molecular flexibility index (Phi) is 1.79. The number of carbonyl (C=O) groups excluding carboxylic acids is 2. The molecule has 0 aromatic carbocycles. The summed E-state index contributed by atoms with van der Waals surface area (Å²) in [4.78, 5) is 22.4. The molecule has 0 aromatic heterocycles. The Morgan fingerprint density at radius 2 is 2.31 bits per heavy atom. The third-order valence-corrected chi connectivity index (χ3v) is 2.48. The predicted octanol–water partition coefficient (Wildman–Crippen LogP) is 1.35. The van der Waals surface area contributed by atoms with E-state index >= 15 is 0 Å². The third kappa shape index (κ3) is 1.11. The summed E-state index contributed by atoms with van der Waals surface area (Å²) >= 11 is 0. The van der Waals surface area contributed by atoms with Crippen LogP contribution in [0, 0.1) is 5.92 Å². The maximum Gasteiger partial charge on any atom is 0.342 e. The molecule has 0 saturated carbocycles. The number of cyclic esters (lactones) is 2. The fourth-order valence-electron chi connectivity index (χ4n) is 1.78. The highest BCUT2D eigenvalue weighted by molar-refractivity contribution is 6.09. The molecule has 1 saturated heterocycles. The Morgan fingerprint density at radius 1 is 1.54 bits per heavy atom. The van der Waals surface area contributed by atoms with Crippen LogP contribution in [0.4, 0.5) is 0 Å². The molecule has 0 bridgehead atoms. The average molecular weight is 178 g/mol.